The van der Waals surface area contributed by atoms with Gasteiger partial charge in [0, 0.05) is 45.0 Å². The van der Waals surface area contributed by atoms with E-state index in [0.717, 1.165) is 12.8 Å². The van der Waals surface area contributed by atoms with Crippen LogP contribution in [0.1, 0.15) is 46.4 Å². The third-order valence-corrected chi connectivity index (χ3v) is 7.47. The van der Waals surface area contributed by atoms with Crippen molar-refractivity contribution in [3.63, 3.8) is 0 Å². The highest BCUT2D eigenvalue weighted by Gasteiger charge is 2.42. The number of piperidine rings is 1. The number of piperazine rings is 1. The molecule has 1 unspecified atom stereocenters. The van der Waals surface area contributed by atoms with E-state index >= 15 is 0 Å². The lowest BCUT2D eigenvalue weighted by atomic mass is 10.0. The molecule has 0 saturated carbocycles. The smallest absolute Gasteiger partial charge is 0.437 e. The van der Waals surface area contributed by atoms with Crippen LogP contribution in [0.25, 0.3) is 0 Å². The molecule has 12 nitrogen and oxygen atoms in total. The molecule has 15 heteroatoms. The highest BCUT2D eigenvalue weighted by Crippen LogP contribution is 2.35. The van der Waals surface area contributed by atoms with E-state index in [4.69, 9.17) is 4.42 Å². The Balaban J connectivity index is 1.16. The maximum absolute atomic E-state index is 13.7. The number of halogens is 3. The van der Waals surface area contributed by atoms with E-state index in [9.17, 15) is 27.6 Å². The van der Waals surface area contributed by atoms with Crippen LogP contribution >= 0.6 is 0 Å². The monoisotopic (exact) mass is 615 g/mol. The summed E-state index contributed by atoms with van der Waals surface area (Å²) < 4.78 is 51.2. The third kappa shape index (κ3) is 7.03. The number of urea groups is 1. The molecular formula is C29H32F3N7O5. The molecule has 0 aliphatic carbocycles. The Morgan fingerprint density at radius 1 is 0.955 bits per heavy atom. The van der Waals surface area contributed by atoms with Gasteiger partial charge >= 0.3 is 18.2 Å². The molecule has 2 fully saturated rings. The molecule has 3 amide bonds. The number of hydrogen-bond donors (Lipinski definition) is 2. The van der Waals surface area contributed by atoms with Gasteiger partial charge in [0.15, 0.2) is 5.69 Å². The number of nitrogens with one attached hydrogen (secondary N) is 2. The Hall–Kier alpha value is -4.82. The molecule has 4 heterocycles. The maximum atomic E-state index is 13.7. The van der Waals surface area contributed by atoms with E-state index in [1.54, 1.807) is 40.1 Å². The van der Waals surface area contributed by atoms with Crippen LogP contribution in [-0.2, 0) is 10.9 Å². The van der Waals surface area contributed by atoms with Gasteiger partial charge in [0.1, 0.15) is 5.82 Å². The summed E-state index contributed by atoms with van der Waals surface area (Å²) in [6.07, 6.45) is -1.77. The number of nitrogens with zero attached hydrogens (tertiary/aromatic N) is 5. The van der Waals surface area contributed by atoms with Gasteiger partial charge in [0.25, 0.3) is 11.9 Å². The van der Waals surface area contributed by atoms with Crippen molar-refractivity contribution < 1.29 is 36.7 Å². The molecule has 2 saturated heterocycles. The summed E-state index contributed by atoms with van der Waals surface area (Å²) in [6, 6.07) is 9.03. The molecule has 3 aromatic rings. The predicted molar refractivity (Wildman–Crippen MR) is 155 cm³/mol. The van der Waals surface area contributed by atoms with Gasteiger partial charge in [0.2, 0.25) is 5.76 Å². The van der Waals surface area contributed by atoms with Crippen molar-refractivity contribution in [2.24, 2.45) is 5.92 Å². The second-order valence-corrected chi connectivity index (χ2v) is 10.7. The zero-order chi connectivity index (χ0) is 31.4. The molecule has 234 valence electrons. The summed E-state index contributed by atoms with van der Waals surface area (Å²) in [5.41, 5.74) is -0.270. The number of rotatable bonds is 6. The van der Waals surface area contributed by atoms with Crippen LogP contribution in [0, 0.1) is 5.92 Å². The fourth-order valence-electron chi connectivity index (χ4n) is 5.14. The van der Waals surface area contributed by atoms with Crippen molar-refractivity contribution in [3.8, 4) is 0 Å². The van der Waals surface area contributed by atoms with Crippen LogP contribution in [0.5, 0.6) is 0 Å². The van der Waals surface area contributed by atoms with E-state index in [1.807, 2.05) is 11.8 Å². The number of anilines is 4. The van der Waals surface area contributed by atoms with Crippen LogP contribution < -0.4 is 20.4 Å². The van der Waals surface area contributed by atoms with Gasteiger partial charge in [0.05, 0.1) is 24.6 Å². The molecule has 1 atom stereocenters. The number of benzene rings is 1. The summed E-state index contributed by atoms with van der Waals surface area (Å²) in [5, 5.41) is 5.22. The number of aromatic nitrogens is 2. The Morgan fingerprint density at radius 3 is 2.27 bits per heavy atom. The molecule has 2 aliphatic rings. The Kier molecular flexibility index (Phi) is 8.92. The maximum Gasteiger partial charge on any atom is 0.437 e. The van der Waals surface area contributed by atoms with Crippen LogP contribution in [0.15, 0.2) is 47.0 Å². The topological polar surface area (TPSA) is 133 Å². The Morgan fingerprint density at radius 2 is 1.66 bits per heavy atom. The lowest BCUT2D eigenvalue weighted by Gasteiger charge is -2.35. The van der Waals surface area contributed by atoms with Gasteiger partial charge < -0.3 is 34.5 Å². The number of carbonyl (C=O) groups is 3. The first-order valence-corrected chi connectivity index (χ1v) is 14.1. The standard InChI is InChI=1S/C29H32F3N7O5/c1-18-4-3-11-39(17-18)28-36-24(29(30,31)32)23(44-28)25(40)34-21-9-10-22(33-16-21)37-12-14-38(15-13-37)27(42)35-20-7-5-19(6-8-20)26(41)43-2/h5-10,16,18H,3-4,11-15,17H2,1-2H3,(H,34,40)(H,35,42). The van der Waals surface area contributed by atoms with Gasteiger partial charge in [-0.2, -0.15) is 18.2 Å². The fraction of sp³-hybridized carbons (Fsp3) is 0.414. The van der Waals surface area contributed by atoms with E-state index in [2.05, 4.69) is 25.3 Å². The average Bonchev–Trinajstić information content (AvgIpc) is 3.49. The normalized spacial score (nSPS) is 17.3. The van der Waals surface area contributed by atoms with Crippen molar-refractivity contribution in [1.29, 1.82) is 0 Å². The molecule has 0 bridgehead atoms. The summed E-state index contributed by atoms with van der Waals surface area (Å²) in [4.78, 5) is 50.4. The quantitative estimate of drug-likeness (QED) is 0.378. The van der Waals surface area contributed by atoms with Gasteiger partial charge in [-0.15, -0.1) is 0 Å². The number of hydrogen-bond acceptors (Lipinski definition) is 9. The number of ether oxygens (including phenoxy) is 1. The number of pyridine rings is 1. The average molecular weight is 616 g/mol. The second kappa shape index (κ2) is 12.8. The summed E-state index contributed by atoms with van der Waals surface area (Å²) >= 11 is 0. The first-order chi connectivity index (χ1) is 21.0. The van der Waals surface area contributed by atoms with Crippen molar-refractivity contribution in [3.05, 3.63) is 59.6 Å². The minimum atomic E-state index is -4.87. The molecular weight excluding hydrogens is 583 g/mol. The first-order valence-electron chi connectivity index (χ1n) is 14.1. The zero-order valence-corrected chi connectivity index (χ0v) is 24.2. The van der Waals surface area contributed by atoms with Crippen molar-refractivity contribution in [2.45, 2.75) is 25.9 Å². The van der Waals surface area contributed by atoms with Crippen LogP contribution in [0.3, 0.4) is 0 Å². The number of alkyl halides is 3. The molecule has 0 spiro atoms. The van der Waals surface area contributed by atoms with Gasteiger partial charge in [-0.3, -0.25) is 4.79 Å². The summed E-state index contributed by atoms with van der Waals surface area (Å²) in [5.74, 6) is -1.59. The highest BCUT2D eigenvalue weighted by atomic mass is 19.4. The summed E-state index contributed by atoms with van der Waals surface area (Å²) in [6.45, 7) is 4.79. The number of oxazole rings is 1. The predicted octanol–water partition coefficient (Wildman–Crippen LogP) is 4.72. The molecule has 2 aromatic heterocycles. The van der Waals surface area contributed by atoms with Gasteiger partial charge in [-0.1, -0.05) is 6.92 Å². The van der Waals surface area contributed by atoms with E-state index in [0.29, 0.717) is 56.3 Å². The fourth-order valence-corrected chi connectivity index (χ4v) is 5.14. The van der Waals surface area contributed by atoms with Crippen molar-refractivity contribution in [2.75, 3.05) is 66.8 Å². The molecule has 44 heavy (non-hydrogen) atoms. The molecule has 1 aromatic carbocycles. The lowest BCUT2D eigenvalue weighted by molar-refractivity contribution is -0.141. The summed E-state index contributed by atoms with van der Waals surface area (Å²) in [7, 11) is 1.29. The third-order valence-electron chi connectivity index (χ3n) is 7.47. The largest absolute Gasteiger partial charge is 0.465 e. The number of amides is 3. The Labute approximate surface area is 251 Å². The second-order valence-electron chi connectivity index (χ2n) is 10.7. The van der Waals surface area contributed by atoms with E-state index in [-0.39, 0.29) is 23.7 Å². The van der Waals surface area contributed by atoms with E-state index in [1.165, 1.54) is 19.4 Å². The molecule has 0 radical (unpaired) electrons. The lowest BCUT2D eigenvalue weighted by Crippen LogP contribution is -2.50. The number of carbonyl (C=O) groups excluding carboxylic acids is 3. The van der Waals surface area contributed by atoms with Gasteiger partial charge in [-0.25, -0.2) is 14.6 Å². The van der Waals surface area contributed by atoms with Crippen LogP contribution in [-0.4, -0.2) is 79.2 Å². The highest BCUT2D eigenvalue weighted by molar-refractivity contribution is 6.03. The number of methoxy groups -OCH3 is 1. The van der Waals surface area contributed by atoms with Crippen molar-refractivity contribution >= 4 is 41.1 Å². The Bertz CT molecular complexity index is 1490. The molecule has 2 aliphatic heterocycles. The first kappa shape index (κ1) is 30.6. The molecule has 2 N–H and O–H groups in total. The van der Waals surface area contributed by atoms with E-state index < -0.39 is 29.5 Å². The molecule has 5 rings (SSSR count). The number of esters is 1. The van der Waals surface area contributed by atoms with Gasteiger partial charge in [-0.05, 0) is 55.2 Å². The SMILES string of the molecule is COC(=O)c1ccc(NC(=O)N2CCN(c3ccc(NC(=O)c4oc(N5CCCC(C)C5)nc4C(F)(F)F)cn3)CC2)cc1. The minimum Gasteiger partial charge on any atom is -0.465 e. The van der Waals surface area contributed by atoms with Crippen LogP contribution in [0.4, 0.5) is 41.2 Å². The van der Waals surface area contributed by atoms with Crippen LogP contribution in [0.2, 0.25) is 0 Å². The minimum absolute atomic E-state index is 0.188. The zero-order valence-electron chi connectivity index (χ0n) is 24.2. The van der Waals surface area contributed by atoms with Crippen molar-refractivity contribution in [1.82, 2.24) is 14.9 Å².